The van der Waals surface area contributed by atoms with Gasteiger partial charge in [0.25, 0.3) is 0 Å². The van der Waals surface area contributed by atoms with Gasteiger partial charge in [-0.1, -0.05) is 11.6 Å². The average molecular weight is 281 g/mol. The third-order valence-corrected chi connectivity index (χ3v) is 2.91. The van der Waals surface area contributed by atoms with E-state index < -0.39 is 5.97 Å². The van der Waals surface area contributed by atoms with Crippen LogP contribution in [0.15, 0.2) is 28.8 Å². The van der Waals surface area contributed by atoms with Crippen molar-refractivity contribution in [1.29, 1.82) is 0 Å². The van der Waals surface area contributed by atoms with Gasteiger partial charge in [-0.3, -0.25) is 0 Å². The van der Waals surface area contributed by atoms with Gasteiger partial charge in [-0.25, -0.2) is 9.78 Å². The molecule has 0 aliphatic carbocycles. The standard InChI is InChI=1S/C13H13ClN2O3/c1-7-6-15-12(19-7)8(2)16-11-4-3-9(13(17)18)5-10(11)14/h3-6,8,16H,1-2H3,(H,17,18). The molecule has 19 heavy (non-hydrogen) atoms. The lowest BCUT2D eigenvalue weighted by Crippen LogP contribution is -2.08. The van der Waals surface area contributed by atoms with Gasteiger partial charge in [-0.05, 0) is 32.0 Å². The number of benzene rings is 1. The van der Waals surface area contributed by atoms with Crippen molar-refractivity contribution in [2.24, 2.45) is 0 Å². The Labute approximate surface area is 115 Å². The number of oxazole rings is 1. The number of carboxylic acid groups (broad SMARTS) is 1. The second-order valence-electron chi connectivity index (χ2n) is 4.17. The fourth-order valence-electron chi connectivity index (χ4n) is 1.63. The normalized spacial score (nSPS) is 12.2. The summed E-state index contributed by atoms with van der Waals surface area (Å²) in [7, 11) is 0. The minimum absolute atomic E-state index is 0.148. The first-order valence-corrected chi connectivity index (χ1v) is 6.07. The lowest BCUT2D eigenvalue weighted by Gasteiger charge is -2.13. The Morgan fingerprint density at radius 2 is 2.26 bits per heavy atom. The van der Waals surface area contributed by atoms with Crippen LogP contribution in [-0.4, -0.2) is 16.1 Å². The van der Waals surface area contributed by atoms with E-state index in [0.717, 1.165) is 5.76 Å². The first-order valence-electron chi connectivity index (χ1n) is 5.69. The quantitative estimate of drug-likeness (QED) is 0.896. The summed E-state index contributed by atoms with van der Waals surface area (Å²) in [6.07, 6.45) is 1.64. The number of aryl methyl sites for hydroxylation is 1. The van der Waals surface area contributed by atoms with E-state index in [1.165, 1.54) is 12.1 Å². The molecule has 0 bridgehead atoms. The smallest absolute Gasteiger partial charge is 0.335 e. The van der Waals surface area contributed by atoms with E-state index in [4.69, 9.17) is 21.1 Å². The molecule has 6 heteroatoms. The Morgan fingerprint density at radius 3 is 2.79 bits per heavy atom. The Bertz CT molecular complexity index is 610. The highest BCUT2D eigenvalue weighted by atomic mass is 35.5. The van der Waals surface area contributed by atoms with Gasteiger partial charge in [0.15, 0.2) is 0 Å². The third-order valence-electron chi connectivity index (χ3n) is 2.60. The molecule has 1 heterocycles. The molecule has 0 aliphatic rings. The lowest BCUT2D eigenvalue weighted by molar-refractivity contribution is 0.0697. The topological polar surface area (TPSA) is 75.4 Å². The zero-order valence-electron chi connectivity index (χ0n) is 10.5. The number of nitrogens with zero attached hydrogens (tertiary/aromatic N) is 1. The van der Waals surface area contributed by atoms with E-state index in [1.54, 1.807) is 12.3 Å². The Hall–Kier alpha value is -2.01. The van der Waals surface area contributed by atoms with Gasteiger partial charge in [0.2, 0.25) is 5.89 Å². The number of hydrogen-bond acceptors (Lipinski definition) is 4. The van der Waals surface area contributed by atoms with Gasteiger partial charge < -0.3 is 14.8 Å². The van der Waals surface area contributed by atoms with E-state index in [2.05, 4.69) is 10.3 Å². The molecule has 1 unspecified atom stereocenters. The minimum Gasteiger partial charge on any atom is -0.478 e. The van der Waals surface area contributed by atoms with E-state index in [9.17, 15) is 4.79 Å². The molecule has 2 aromatic rings. The summed E-state index contributed by atoms with van der Waals surface area (Å²) >= 11 is 6.03. The molecule has 100 valence electrons. The molecular weight excluding hydrogens is 268 g/mol. The number of rotatable bonds is 4. The summed E-state index contributed by atoms with van der Waals surface area (Å²) in [4.78, 5) is 14.9. The third kappa shape index (κ3) is 3.06. The predicted octanol–water partition coefficient (Wildman–Crippen LogP) is 3.51. The minimum atomic E-state index is -1.01. The summed E-state index contributed by atoms with van der Waals surface area (Å²) < 4.78 is 5.41. The molecule has 0 saturated heterocycles. The van der Waals surface area contributed by atoms with Crippen LogP contribution in [0.1, 0.15) is 35.0 Å². The van der Waals surface area contributed by atoms with Crippen LogP contribution >= 0.6 is 11.6 Å². The largest absolute Gasteiger partial charge is 0.478 e. The Kier molecular flexibility index (Phi) is 3.76. The number of aromatic carboxylic acids is 1. The summed E-state index contributed by atoms with van der Waals surface area (Å²) in [5.74, 6) is 0.275. The molecule has 0 radical (unpaired) electrons. The molecule has 5 nitrogen and oxygen atoms in total. The molecule has 0 saturated carbocycles. The van der Waals surface area contributed by atoms with Gasteiger partial charge >= 0.3 is 5.97 Å². The van der Waals surface area contributed by atoms with Crippen LogP contribution < -0.4 is 5.32 Å². The van der Waals surface area contributed by atoms with Crippen molar-refractivity contribution in [1.82, 2.24) is 4.98 Å². The monoisotopic (exact) mass is 280 g/mol. The number of anilines is 1. The molecule has 1 atom stereocenters. The highest BCUT2D eigenvalue weighted by molar-refractivity contribution is 6.33. The first-order chi connectivity index (χ1) is 8.97. The van der Waals surface area contributed by atoms with Gasteiger partial charge in [0, 0.05) is 0 Å². The maximum absolute atomic E-state index is 10.8. The molecule has 1 aromatic heterocycles. The first kappa shape index (κ1) is 13.4. The van der Waals surface area contributed by atoms with Crippen LogP contribution in [-0.2, 0) is 0 Å². The Morgan fingerprint density at radius 1 is 1.53 bits per heavy atom. The average Bonchev–Trinajstić information content (AvgIpc) is 2.78. The fourth-order valence-corrected chi connectivity index (χ4v) is 1.87. The second-order valence-corrected chi connectivity index (χ2v) is 4.58. The summed E-state index contributed by atoms with van der Waals surface area (Å²) in [5, 5.41) is 12.3. The Balaban J connectivity index is 2.17. The molecule has 0 spiro atoms. The number of nitrogens with one attached hydrogen (secondary N) is 1. The summed E-state index contributed by atoms with van der Waals surface area (Å²) in [5.41, 5.74) is 0.783. The maximum Gasteiger partial charge on any atom is 0.335 e. The van der Waals surface area contributed by atoms with Gasteiger partial charge in [0.1, 0.15) is 11.8 Å². The van der Waals surface area contributed by atoms with Crippen LogP contribution in [0.25, 0.3) is 0 Å². The van der Waals surface area contributed by atoms with Crippen LogP contribution in [0.2, 0.25) is 5.02 Å². The van der Waals surface area contributed by atoms with E-state index in [1.807, 2.05) is 13.8 Å². The van der Waals surface area contributed by atoms with E-state index >= 15 is 0 Å². The number of halogens is 1. The highest BCUT2D eigenvalue weighted by Crippen LogP contribution is 2.27. The summed E-state index contributed by atoms with van der Waals surface area (Å²) in [6, 6.07) is 4.35. The number of hydrogen-bond donors (Lipinski definition) is 2. The van der Waals surface area contributed by atoms with Crippen LogP contribution in [0, 0.1) is 6.92 Å². The zero-order valence-corrected chi connectivity index (χ0v) is 11.2. The number of aromatic nitrogens is 1. The molecule has 2 rings (SSSR count). The maximum atomic E-state index is 10.8. The molecule has 2 N–H and O–H groups in total. The van der Waals surface area contributed by atoms with Crippen molar-refractivity contribution in [3.8, 4) is 0 Å². The molecule has 0 fully saturated rings. The van der Waals surface area contributed by atoms with Gasteiger partial charge in [-0.15, -0.1) is 0 Å². The fraction of sp³-hybridized carbons (Fsp3) is 0.231. The molecular formula is C13H13ClN2O3. The van der Waals surface area contributed by atoms with Gasteiger partial charge in [-0.2, -0.15) is 0 Å². The SMILES string of the molecule is Cc1cnc(C(C)Nc2ccc(C(=O)O)cc2Cl)o1. The van der Waals surface area contributed by atoms with Crippen LogP contribution in [0.3, 0.4) is 0 Å². The second kappa shape index (κ2) is 5.32. The number of carbonyl (C=O) groups is 1. The number of carboxylic acids is 1. The highest BCUT2D eigenvalue weighted by Gasteiger charge is 2.13. The van der Waals surface area contributed by atoms with E-state index in [0.29, 0.717) is 16.6 Å². The van der Waals surface area contributed by atoms with Crippen LogP contribution in [0.5, 0.6) is 0 Å². The van der Waals surface area contributed by atoms with Crippen molar-refractivity contribution < 1.29 is 14.3 Å². The van der Waals surface area contributed by atoms with Gasteiger partial charge in [0.05, 0.1) is 22.5 Å². The predicted molar refractivity (Wildman–Crippen MR) is 71.7 cm³/mol. The van der Waals surface area contributed by atoms with Crippen molar-refractivity contribution in [2.75, 3.05) is 5.32 Å². The molecule has 0 amide bonds. The van der Waals surface area contributed by atoms with Crippen LogP contribution in [0.4, 0.5) is 5.69 Å². The lowest BCUT2D eigenvalue weighted by atomic mass is 10.2. The van der Waals surface area contributed by atoms with Crippen molar-refractivity contribution in [3.05, 3.63) is 46.6 Å². The summed E-state index contributed by atoms with van der Waals surface area (Å²) in [6.45, 7) is 3.70. The molecule has 0 aliphatic heterocycles. The zero-order chi connectivity index (χ0) is 14.0. The van der Waals surface area contributed by atoms with Crippen molar-refractivity contribution in [3.63, 3.8) is 0 Å². The van der Waals surface area contributed by atoms with E-state index in [-0.39, 0.29) is 11.6 Å². The van der Waals surface area contributed by atoms with Crippen molar-refractivity contribution in [2.45, 2.75) is 19.9 Å². The van der Waals surface area contributed by atoms with Crippen molar-refractivity contribution >= 4 is 23.3 Å². The molecule has 1 aromatic carbocycles.